The van der Waals surface area contributed by atoms with Gasteiger partial charge in [-0.15, -0.1) is 0 Å². The van der Waals surface area contributed by atoms with E-state index in [9.17, 15) is 31.1 Å². The first kappa shape index (κ1) is 33.8. The molecule has 3 saturated heterocycles. The number of amides is 1. The maximum atomic E-state index is 13.3. The van der Waals surface area contributed by atoms with Crippen LogP contribution in [0.15, 0.2) is 30.3 Å². The van der Waals surface area contributed by atoms with Crippen LogP contribution >= 0.6 is 0 Å². The molecule has 1 amide bonds. The summed E-state index contributed by atoms with van der Waals surface area (Å²) in [4.78, 5) is 21.5. The molecule has 244 valence electrons. The lowest BCUT2D eigenvalue weighted by Gasteiger charge is -2.35. The molecule has 5 rings (SSSR count). The third kappa shape index (κ3) is 10.2. The maximum Gasteiger partial charge on any atom is 0.451 e. The fraction of sp³-hybridized carbons (Fsp3) is 0.645. The van der Waals surface area contributed by atoms with Crippen molar-refractivity contribution in [2.24, 2.45) is 11.8 Å². The second kappa shape index (κ2) is 15.8. The zero-order valence-corrected chi connectivity index (χ0v) is 24.9. The Bertz CT molecular complexity index is 1160. The van der Waals surface area contributed by atoms with Crippen molar-refractivity contribution in [1.29, 1.82) is 0 Å². The van der Waals surface area contributed by atoms with Crippen LogP contribution < -0.4 is 20.4 Å². The minimum atomic E-state index is -4.51. The highest BCUT2D eigenvalue weighted by atomic mass is 19.4. The summed E-state index contributed by atoms with van der Waals surface area (Å²) in [5, 5.41) is 5.86. The van der Waals surface area contributed by atoms with Crippen LogP contribution in [0.25, 0.3) is 0 Å². The van der Waals surface area contributed by atoms with Gasteiger partial charge >= 0.3 is 12.4 Å². The van der Waals surface area contributed by atoms with Crippen molar-refractivity contribution in [2.45, 2.75) is 70.1 Å². The predicted molar refractivity (Wildman–Crippen MR) is 157 cm³/mol. The van der Waals surface area contributed by atoms with Gasteiger partial charge in [-0.25, -0.2) is 9.97 Å². The number of anilines is 2. The molecule has 0 spiro atoms. The molecule has 1 aromatic heterocycles. The van der Waals surface area contributed by atoms with E-state index in [0.29, 0.717) is 36.9 Å². The molecule has 7 nitrogen and oxygen atoms in total. The topological polar surface area (TPSA) is 73.4 Å². The Morgan fingerprint density at radius 3 is 1.89 bits per heavy atom. The highest BCUT2D eigenvalue weighted by molar-refractivity contribution is 5.52. The number of piperidine rings is 2. The monoisotopic (exact) mass is 628 g/mol. The van der Waals surface area contributed by atoms with Gasteiger partial charge in [0, 0.05) is 38.8 Å². The zero-order chi connectivity index (χ0) is 31.6. The molecular weight excluding hydrogens is 586 g/mol. The largest absolute Gasteiger partial charge is 0.451 e. The minimum absolute atomic E-state index is 0.415. The van der Waals surface area contributed by atoms with E-state index < -0.39 is 23.7 Å². The first-order chi connectivity index (χ1) is 21.0. The first-order valence-corrected chi connectivity index (χ1v) is 15.5. The molecule has 0 unspecified atom stereocenters. The number of aromatic nitrogens is 2. The summed E-state index contributed by atoms with van der Waals surface area (Å²) in [5.74, 6) is 1.39. The number of halogens is 6. The Kier molecular flexibility index (Phi) is 12.1. The summed E-state index contributed by atoms with van der Waals surface area (Å²) < 4.78 is 76.4. The highest BCUT2D eigenvalue weighted by Gasteiger charge is 2.37. The van der Waals surface area contributed by atoms with Gasteiger partial charge in [-0.1, -0.05) is 31.4 Å². The summed E-state index contributed by atoms with van der Waals surface area (Å²) >= 11 is 0. The normalized spacial score (nSPS) is 18.3. The summed E-state index contributed by atoms with van der Waals surface area (Å²) in [6.07, 6.45) is 1.80. The Morgan fingerprint density at radius 1 is 0.818 bits per heavy atom. The lowest BCUT2D eigenvalue weighted by molar-refractivity contribution is -0.144. The molecule has 44 heavy (non-hydrogen) atoms. The Hall–Kier alpha value is -3.09. The number of carbonyl (C=O) groups excluding carboxylic acids is 1. The molecule has 0 aliphatic carbocycles. The van der Waals surface area contributed by atoms with Crippen molar-refractivity contribution < 1.29 is 31.1 Å². The molecule has 2 aromatic rings. The zero-order valence-electron chi connectivity index (χ0n) is 24.9. The van der Waals surface area contributed by atoms with E-state index in [0.717, 1.165) is 82.1 Å². The second-order valence-corrected chi connectivity index (χ2v) is 11.8. The van der Waals surface area contributed by atoms with Crippen molar-refractivity contribution in [1.82, 2.24) is 20.6 Å². The Balaban J connectivity index is 0.000000249. The number of hydrogen-bond acceptors (Lipinski definition) is 6. The molecule has 0 atom stereocenters. The standard InChI is InChI=1S/C21H32F3N5.C10H10F3NO/c22-21(23,24)20-26-18(28-11-2-12-28)15-19(27-20)29-13-7-17(8-14-29)4-1-3-16-5-9-25-10-6-16;11-10(12,13)9-3-1-8(2-4-9)5-6-14-7-15/h15-17,25H,1-14H2;1-4,7H,5-6H2,(H,14,15). The molecule has 0 saturated carbocycles. The number of hydrogen-bond donors (Lipinski definition) is 2. The number of nitrogens with one attached hydrogen (secondary N) is 2. The average molecular weight is 629 g/mol. The molecular formula is C31H42F6N6O. The van der Waals surface area contributed by atoms with Crippen LogP contribution in [0, 0.1) is 11.8 Å². The Morgan fingerprint density at radius 2 is 1.39 bits per heavy atom. The van der Waals surface area contributed by atoms with Crippen LogP contribution in [0.2, 0.25) is 0 Å². The third-order valence-electron chi connectivity index (χ3n) is 8.68. The smallest absolute Gasteiger partial charge is 0.358 e. The van der Waals surface area contributed by atoms with Gasteiger partial charge in [0.2, 0.25) is 12.2 Å². The summed E-state index contributed by atoms with van der Waals surface area (Å²) in [6, 6.07) is 6.64. The van der Waals surface area contributed by atoms with Gasteiger partial charge in [0.1, 0.15) is 11.6 Å². The van der Waals surface area contributed by atoms with Gasteiger partial charge in [0.05, 0.1) is 5.56 Å². The van der Waals surface area contributed by atoms with Crippen LogP contribution in [0.3, 0.4) is 0 Å². The SMILES string of the molecule is FC(F)(F)c1nc(N2CCC2)cc(N2CCC(CCCC3CCNCC3)CC2)n1.O=CNCCc1ccc(C(F)(F)F)cc1. The maximum absolute atomic E-state index is 13.3. The van der Waals surface area contributed by atoms with Crippen LogP contribution in [-0.4, -0.2) is 62.2 Å². The molecule has 0 radical (unpaired) electrons. The number of nitrogens with zero attached hydrogens (tertiary/aromatic N) is 4. The van der Waals surface area contributed by atoms with Gasteiger partial charge in [-0.05, 0) is 81.1 Å². The first-order valence-electron chi connectivity index (χ1n) is 15.5. The van der Waals surface area contributed by atoms with Crippen molar-refractivity contribution in [2.75, 3.05) is 55.6 Å². The minimum Gasteiger partial charge on any atom is -0.358 e. The van der Waals surface area contributed by atoms with Gasteiger partial charge in [-0.2, -0.15) is 26.3 Å². The van der Waals surface area contributed by atoms with E-state index in [-0.39, 0.29) is 0 Å². The molecule has 3 aliphatic rings. The summed E-state index contributed by atoms with van der Waals surface area (Å²) in [7, 11) is 0. The third-order valence-corrected chi connectivity index (χ3v) is 8.68. The van der Waals surface area contributed by atoms with Gasteiger partial charge < -0.3 is 20.4 Å². The number of alkyl halides is 6. The average Bonchev–Trinajstić information content (AvgIpc) is 2.97. The highest BCUT2D eigenvalue weighted by Crippen LogP contribution is 2.34. The van der Waals surface area contributed by atoms with E-state index in [4.69, 9.17) is 0 Å². The number of carbonyl (C=O) groups is 1. The van der Waals surface area contributed by atoms with Gasteiger partial charge in [0.15, 0.2) is 0 Å². The molecule has 0 bridgehead atoms. The van der Waals surface area contributed by atoms with E-state index in [1.165, 1.54) is 44.2 Å². The van der Waals surface area contributed by atoms with Crippen LogP contribution in [-0.2, 0) is 23.6 Å². The van der Waals surface area contributed by atoms with Crippen LogP contribution in [0.4, 0.5) is 38.0 Å². The molecule has 4 heterocycles. The lowest BCUT2D eigenvalue weighted by Crippen LogP contribution is -2.39. The lowest BCUT2D eigenvalue weighted by atomic mass is 9.87. The van der Waals surface area contributed by atoms with Crippen molar-refractivity contribution in [3.63, 3.8) is 0 Å². The van der Waals surface area contributed by atoms with Gasteiger partial charge in [-0.3, -0.25) is 4.79 Å². The van der Waals surface area contributed by atoms with E-state index in [2.05, 4.69) is 20.6 Å². The van der Waals surface area contributed by atoms with Crippen molar-refractivity contribution in [3.8, 4) is 0 Å². The molecule has 3 fully saturated rings. The fourth-order valence-electron chi connectivity index (χ4n) is 5.87. The number of rotatable bonds is 10. The quantitative estimate of drug-likeness (QED) is 0.189. The van der Waals surface area contributed by atoms with Crippen molar-refractivity contribution >= 4 is 18.0 Å². The van der Waals surface area contributed by atoms with Crippen LogP contribution in [0.5, 0.6) is 0 Å². The molecule has 13 heteroatoms. The second-order valence-electron chi connectivity index (χ2n) is 11.8. The molecule has 3 aliphatic heterocycles. The van der Waals surface area contributed by atoms with E-state index >= 15 is 0 Å². The van der Waals surface area contributed by atoms with Crippen molar-refractivity contribution in [3.05, 3.63) is 47.3 Å². The fourth-order valence-corrected chi connectivity index (χ4v) is 5.87. The molecule has 1 aromatic carbocycles. The van der Waals surface area contributed by atoms with E-state index in [1.807, 2.05) is 9.80 Å². The summed E-state index contributed by atoms with van der Waals surface area (Å²) in [6.45, 7) is 5.84. The number of benzene rings is 1. The van der Waals surface area contributed by atoms with Gasteiger partial charge in [0.25, 0.3) is 0 Å². The Labute approximate surface area is 254 Å². The van der Waals surface area contributed by atoms with Crippen LogP contribution in [0.1, 0.15) is 68.3 Å². The predicted octanol–water partition coefficient (Wildman–Crippen LogP) is 6.09. The molecule has 2 N–H and O–H groups in total. The summed E-state index contributed by atoms with van der Waals surface area (Å²) in [5.41, 5.74) is 0.104. The van der Waals surface area contributed by atoms with E-state index in [1.54, 1.807) is 6.07 Å².